The van der Waals surface area contributed by atoms with Gasteiger partial charge in [-0.05, 0) is 44.9 Å². The first kappa shape index (κ1) is 17.9. The van der Waals surface area contributed by atoms with Gasteiger partial charge in [0.2, 0.25) is 0 Å². The predicted molar refractivity (Wildman–Crippen MR) is 86.9 cm³/mol. The van der Waals surface area contributed by atoms with Crippen molar-refractivity contribution in [3.05, 3.63) is 0 Å². The highest BCUT2D eigenvalue weighted by atomic mass is 16.5. The maximum absolute atomic E-state index is 6.26. The lowest BCUT2D eigenvalue weighted by Crippen LogP contribution is -2.59. The summed E-state index contributed by atoms with van der Waals surface area (Å²) in [4.78, 5) is 2.61. The average Bonchev–Trinajstić information content (AvgIpc) is 2.38. The van der Waals surface area contributed by atoms with E-state index in [0.717, 1.165) is 31.5 Å². The molecule has 0 bridgehead atoms. The fourth-order valence-electron chi connectivity index (χ4n) is 4.13. The number of rotatable bonds is 8. The molecule has 2 unspecified atom stereocenters. The SMILES string of the molecule is COCCN(C(C)C)C1(CN)CCCC(CC(C)C)C1. The van der Waals surface area contributed by atoms with Crippen molar-refractivity contribution in [3.63, 3.8) is 0 Å². The summed E-state index contributed by atoms with van der Waals surface area (Å²) in [6, 6.07) is 0.534. The molecule has 20 heavy (non-hydrogen) atoms. The summed E-state index contributed by atoms with van der Waals surface area (Å²) in [5.74, 6) is 1.64. The van der Waals surface area contributed by atoms with E-state index in [0.29, 0.717) is 6.04 Å². The molecule has 0 aromatic rings. The number of methoxy groups -OCH3 is 1. The average molecular weight is 284 g/mol. The fourth-order valence-corrected chi connectivity index (χ4v) is 4.13. The second-order valence-electron chi connectivity index (χ2n) is 7.30. The summed E-state index contributed by atoms with van der Waals surface area (Å²) in [6.45, 7) is 11.8. The van der Waals surface area contributed by atoms with E-state index in [1.165, 1.54) is 32.1 Å². The van der Waals surface area contributed by atoms with Gasteiger partial charge in [0, 0.05) is 31.8 Å². The van der Waals surface area contributed by atoms with Crippen LogP contribution in [0.1, 0.15) is 59.8 Å². The van der Waals surface area contributed by atoms with Gasteiger partial charge in [0.1, 0.15) is 0 Å². The van der Waals surface area contributed by atoms with Crippen LogP contribution in [0.5, 0.6) is 0 Å². The Morgan fingerprint density at radius 2 is 2.00 bits per heavy atom. The highest BCUT2D eigenvalue weighted by Gasteiger charge is 2.41. The largest absolute Gasteiger partial charge is 0.383 e. The molecule has 0 radical (unpaired) electrons. The topological polar surface area (TPSA) is 38.5 Å². The molecule has 2 atom stereocenters. The molecule has 3 heteroatoms. The Kier molecular flexibility index (Phi) is 7.49. The zero-order valence-electron chi connectivity index (χ0n) is 14.3. The van der Waals surface area contributed by atoms with E-state index in [4.69, 9.17) is 10.5 Å². The Morgan fingerprint density at radius 1 is 1.30 bits per heavy atom. The van der Waals surface area contributed by atoms with Crippen molar-refractivity contribution in [1.29, 1.82) is 0 Å². The van der Waals surface area contributed by atoms with Crippen molar-refractivity contribution >= 4 is 0 Å². The van der Waals surface area contributed by atoms with Gasteiger partial charge in [-0.1, -0.05) is 26.7 Å². The maximum Gasteiger partial charge on any atom is 0.0590 e. The van der Waals surface area contributed by atoms with Gasteiger partial charge in [-0.3, -0.25) is 4.90 Å². The molecule has 1 aliphatic rings. The third kappa shape index (κ3) is 4.71. The summed E-state index contributed by atoms with van der Waals surface area (Å²) < 4.78 is 5.31. The van der Waals surface area contributed by atoms with Crippen molar-refractivity contribution in [2.45, 2.75) is 71.4 Å². The zero-order valence-corrected chi connectivity index (χ0v) is 14.3. The smallest absolute Gasteiger partial charge is 0.0590 e. The first-order valence-corrected chi connectivity index (χ1v) is 8.41. The van der Waals surface area contributed by atoms with Crippen LogP contribution in [0.15, 0.2) is 0 Å². The summed E-state index contributed by atoms with van der Waals surface area (Å²) in [5.41, 5.74) is 6.46. The molecule has 1 aliphatic carbocycles. The van der Waals surface area contributed by atoms with Crippen molar-refractivity contribution in [1.82, 2.24) is 4.90 Å². The van der Waals surface area contributed by atoms with Crippen LogP contribution in [0.4, 0.5) is 0 Å². The summed E-state index contributed by atoms with van der Waals surface area (Å²) >= 11 is 0. The van der Waals surface area contributed by atoms with Gasteiger partial charge in [0.05, 0.1) is 6.61 Å². The number of hydrogen-bond acceptors (Lipinski definition) is 3. The van der Waals surface area contributed by atoms with E-state index in [1.54, 1.807) is 7.11 Å². The van der Waals surface area contributed by atoms with Crippen LogP contribution in [-0.4, -0.2) is 43.3 Å². The van der Waals surface area contributed by atoms with Gasteiger partial charge in [-0.25, -0.2) is 0 Å². The highest BCUT2D eigenvalue weighted by molar-refractivity contribution is 4.98. The van der Waals surface area contributed by atoms with Gasteiger partial charge < -0.3 is 10.5 Å². The number of hydrogen-bond donors (Lipinski definition) is 1. The first-order chi connectivity index (χ1) is 9.45. The van der Waals surface area contributed by atoms with Gasteiger partial charge >= 0.3 is 0 Å². The minimum atomic E-state index is 0.199. The van der Waals surface area contributed by atoms with Crippen LogP contribution in [0.25, 0.3) is 0 Å². The van der Waals surface area contributed by atoms with Crippen molar-refractivity contribution in [2.24, 2.45) is 17.6 Å². The predicted octanol–water partition coefficient (Wildman–Crippen LogP) is 3.28. The van der Waals surface area contributed by atoms with Crippen LogP contribution in [0, 0.1) is 11.8 Å². The van der Waals surface area contributed by atoms with Crippen molar-refractivity contribution in [2.75, 3.05) is 26.8 Å². The molecule has 0 saturated heterocycles. The maximum atomic E-state index is 6.26. The number of nitrogens with two attached hydrogens (primary N) is 1. The van der Waals surface area contributed by atoms with Crippen LogP contribution >= 0.6 is 0 Å². The second kappa shape index (κ2) is 8.35. The van der Waals surface area contributed by atoms with Crippen LogP contribution < -0.4 is 5.73 Å². The Hall–Kier alpha value is -0.120. The van der Waals surface area contributed by atoms with Gasteiger partial charge in [0.15, 0.2) is 0 Å². The fraction of sp³-hybridized carbons (Fsp3) is 1.00. The second-order valence-corrected chi connectivity index (χ2v) is 7.30. The standard InChI is InChI=1S/C17H36N2O/c1-14(2)11-16-7-6-8-17(12-16,13-18)19(15(3)4)9-10-20-5/h14-16H,6-13,18H2,1-5H3. The number of ether oxygens (including phenoxy) is 1. The molecule has 1 fully saturated rings. The molecule has 1 rings (SSSR count). The lowest BCUT2D eigenvalue weighted by molar-refractivity contribution is -0.00702. The third-order valence-corrected chi connectivity index (χ3v) is 4.88. The van der Waals surface area contributed by atoms with E-state index in [1.807, 2.05) is 0 Å². The van der Waals surface area contributed by atoms with Gasteiger partial charge in [-0.15, -0.1) is 0 Å². The molecule has 0 amide bonds. The van der Waals surface area contributed by atoms with Crippen molar-refractivity contribution < 1.29 is 4.74 Å². The highest BCUT2D eigenvalue weighted by Crippen LogP contribution is 2.39. The van der Waals surface area contributed by atoms with Crippen LogP contribution in [0.2, 0.25) is 0 Å². The molecule has 0 aromatic heterocycles. The lowest BCUT2D eigenvalue weighted by atomic mass is 9.71. The first-order valence-electron chi connectivity index (χ1n) is 8.41. The Balaban J connectivity index is 2.80. The third-order valence-electron chi connectivity index (χ3n) is 4.88. The van der Waals surface area contributed by atoms with Gasteiger partial charge in [-0.2, -0.15) is 0 Å². The molecule has 3 nitrogen and oxygen atoms in total. The number of nitrogens with zero attached hydrogens (tertiary/aromatic N) is 1. The molecule has 0 spiro atoms. The summed E-state index contributed by atoms with van der Waals surface area (Å²) in [7, 11) is 1.79. The minimum Gasteiger partial charge on any atom is -0.383 e. The molecule has 0 heterocycles. The quantitative estimate of drug-likeness (QED) is 0.743. The van der Waals surface area contributed by atoms with E-state index in [-0.39, 0.29) is 5.54 Å². The lowest BCUT2D eigenvalue weighted by Gasteiger charge is -2.50. The summed E-state index contributed by atoms with van der Waals surface area (Å²) in [6.07, 6.45) is 6.57. The normalized spacial score (nSPS) is 27.8. The zero-order chi connectivity index (χ0) is 15.2. The Morgan fingerprint density at radius 3 is 2.50 bits per heavy atom. The minimum absolute atomic E-state index is 0.199. The molecule has 1 saturated carbocycles. The van der Waals surface area contributed by atoms with Crippen LogP contribution in [-0.2, 0) is 4.74 Å². The molecule has 120 valence electrons. The molecule has 0 aromatic carbocycles. The molecule has 2 N–H and O–H groups in total. The van der Waals surface area contributed by atoms with Gasteiger partial charge in [0.25, 0.3) is 0 Å². The van der Waals surface area contributed by atoms with Crippen molar-refractivity contribution in [3.8, 4) is 0 Å². The van der Waals surface area contributed by atoms with Crippen LogP contribution in [0.3, 0.4) is 0 Å². The van der Waals surface area contributed by atoms with E-state index in [9.17, 15) is 0 Å². The van der Waals surface area contributed by atoms with E-state index >= 15 is 0 Å². The monoisotopic (exact) mass is 284 g/mol. The summed E-state index contributed by atoms with van der Waals surface area (Å²) in [5, 5.41) is 0. The Labute approximate surface area is 126 Å². The molecule has 0 aliphatic heterocycles. The van der Waals surface area contributed by atoms with E-state index in [2.05, 4.69) is 32.6 Å². The van der Waals surface area contributed by atoms with E-state index < -0.39 is 0 Å². The molecular formula is C17H36N2O. The molecular weight excluding hydrogens is 248 g/mol. The Bertz CT molecular complexity index is 268.